The number of rotatable bonds is 6. The van der Waals surface area contributed by atoms with E-state index in [1.807, 2.05) is 0 Å². The highest BCUT2D eigenvalue weighted by atomic mass is 79.9. The molecule has 0 aliphatic heterocycles. The lowest BCUT2D eigenvalue weighted by atomic mass is 10.0. The largest absolute Gasteiger partial charge is 0.269 e. The topological polar surface area (TPSA) is 17.8 Å². The maximum Gasteiger partial charge on any atom is 0.0625 e. The van der Waals surface area contributed by atoms with Crippen molar-refractivity contribution in [2.24, 2.45) is 5.92 Å². The van der Waals surface area contributed by atoms with Crippen LogP contribution in [0.1, 0.15) is 64.1 Å². The van der Waals surface area contributed by atoms with Gasteiger partial charge in [-0.1, -0.05) is 42.6 Å². The van der Waals surface area contributed by atoms with Gasteiger partial charge in [-0.3, -0.25) is 4.68 Å². The van der Waals surface area contributed by atoms with Crippen molar-refractivity contribution in [2.45, 2.75) is 69.7 Å². The fraction of sp³-hybridized carbons (Fsp3) is 0.800. The predicted molar refractivity (Wildman–Crippen MR) is 80.2 cm³/mol. The Bertz CT molecular complexity index is 353. The Morgan fingerprint density at radius 3 is 2.78 bits per heavy atom. The van der Waals surface area contributed by atoms with Crippen LogP contribution < -0.4 is 0 Å². The molecule has 18 heavy (non-hydrogen) atoms. The second-order valence-electron chi connectivity index (χ2n) is 5.99. The fourth-order valence-corrected chi connectivity index (χ4v) is 3.79. The van der Waals surface area contributed by atoms with E-state index in [2.05, 4.69) is 46.7 Å². The van der Waals surface area contributed by atoms with Gasteiger partial charge in [0.25, 0.3) is 0 Å². The van der Waals surface area contributed by atoms with Gasteiger partial charge in [0.05, 0.1) is 11.7 Å². The van der Waals surface area contributed by atoms with E-state index in [0.29, 0.717) is 10.9 Å². The lowest BCUT2D eigenvalue weighted by molar-refractivity contribution is 0.461. The van der Waals surface area contributed by atoms with Gasteiger partial charge >= 0.3 is 0 Å². The molecule has 0 amide bonds. The summed E-state index contributed by atoms with van der Waals surface area (Å²) in [5.74, 6) is 0.769. The number of hydrogen-bond acceptors (Lipinski definition) is 1. The summed E-state index contributed by atoms with van der Waals surface area (Å²) in [6.45, 7) is 4.56. The molecule has 1 aromatic rings. The highest BCUT2D eigenvalue weighted by Crippen LogP contribution is 2.29. The number of alkyl halides is 1. The van der Waals surface area contributed by atoms with Crippen LogP contribution in [0.3, 0.4) is 0 Å². The molecule has 102 valence electrons. The van der Waals surface area contributed by atoms with Crippen molar-refractivity contribution >= 4 is 15.9 Å². The summed E-state index contributed by atoms with van der Waals surface area (Å²) in [5.41, 5.74) is 1.26. The molecule has 0 spiro atoms. The first-order chi connectivity index (χ1) is 8.65. The third-order valence-electron chi connectivity index (χ3n) is 3.80. The molecule has 0 saturated heterocycles. The minimum absolute atomic E-state index is 0.633. The zero-order valence-electron chi connectivity index (χ0n) is 11.6. The number of nitrogens with zero attached hydrogens (tertiary/aromatic N) is 2. The smallest absolute Gasteiger partial charge is 0.0625 e. The molecular weight excluding hydrogens is 288 g/mol. The Hall–Kier alpha value is -0.310. The third-order valence-corrected chi connectivity index (χ3v) is 4.63. The summed E-state index contributed by atoms with van der Waals surface area (Å²) >= 11 is 3.77. The van der Waals surface area contributed by atoms with E-state index in [0.717, 1.165) is 12.3 Å². The molecule has 0 N–H and O–H groups in total. The van der Waals surface area contributed by atoms with Gasteiger partial charge in [0, 0.05) is 11.0 Å². The van der Waals surface area contributed by atoms with Gasteiger partial charge in [-0.05, 0) is 44.1 Å². The zero-order valence-corrected chi connectivity index (χ0v) is 13.2. The number of aromatic nitrogens is 2. The zero-order chi connectivity index (χ0) is 13.0. The van der Waals surface area contributed by atoms with Crippen LogP contribution >= 0.6 is 15.9 Å². The predicted octanol–water partition coefficient (Wildman–Crippen LogP) is 4.74. The van der Waals surface area contributed by atoms with Crippen LogP contribution in [0.15, 0.2) is 12.3 Å². The van der Waals surface area contributed by atoms with E-state index >= 15 is 0 Å². The average molecular weight is 313 g/mol. The maximum absolute atomic E-state index is 4.74. The molecule has 0 aromatic carbocycles. The van der Waals surface area contributed by atoms with E-state index < -0.39 is 0 Å². The van der Waals surface area contributed by atoms with Crippen LogP contribution in [0.4, 0.5) is 0 Å². The van der Waals surface area contributed by atoms with E-state index in [1.165, 1.54) is 44.2 Å². The highest BCUT2D eigenvalue weighted by Gasteiger charge is 2.17. The summed E-state index contributed by atoms with van der Waals surface area (Å²) in [6, 6.07) is 2.88. The first kappa shape index (κ1) is 14.1. The monoisotopic (exact) mass is 312 g/mol. The Morgan fingerprint density at radius 1 is 1.39 bits per heavy atom. The van der Waals surface area contributed by atoms with Gasteiger partial charge in [-0.15, -0.1) is 0 Å². The number of halogens is 1. The minimum atomic E-state index is 0.633. The molecule has 0 radical (unpaired) electrons. The van der Waals surface area contributed by atoms with Gasteiger partial charge < -0.3 is 0 Å². The maximum atomic E-state index is 4.74. The molecule has 2 nitrogen and oxygen atoms in total. The minimum Gasteiger partial charge on any atom is -0.269 e. The fourth-order valence-electron chi connectivity index (χ4n) is 2.82. The van der Waals surface area contributed by atoms with Crippen molar-refractivity contribution in [1.82, 2.24) is 9.78 Å². The second-order valence-corrected chi connectivity index (χ2v) is 7.29. The first-order valence-electron chi connectivity index (χ1n) is 7.33. The van der Waals surface area contributed by atoms with Gasteiger partial charge in [0.2, 0.25) is 0 Å². The summed E-state index contributed by atoms with van der Waals surface area (Å²) in [5, 5.41) is 4.74. The van der Waals surface area contributed by atoms with Crippen molar-refractivity contribution < 1.29 is 0 Å². The molecule has 1 fully saturated rings. The molecule has 3 heteroatoms. The van der Waals surface area contributed by atoms with Crippen molar-refractivity contribution in [3.05, 3.63) is 18.0 Å². The molecular formula is C15H25BrN2. The van der Waals surface area contributed by atoms with Crippen molar-refractivity contribution in [2.75, 3.05) is 0 Å². The molecule has 1 aliphatic rings. The van der Waals surface area contributed by atoms with Crippen LogP contribution in [-0.4, -0.2) is 14.6 Å². The van der Waals surface area contributed by atoms with Crippen LogP contribution in [0.5, 0.6) is 0 Å². The lowest BCUT2D eigenvalue weighted by Gasteiger charge is -2.11. The quantitative estimate of drug-likeness (QED) is 0.694. The van der Waals surface area contributed by atoms with Gasteiger partial charge in [-0.2, -0.15) is 5.10 Å². The molecule has 1 aromatic heterocycles. The Labute approximate surface area is 119 Å². The van der Waals surface area contributed by atoms with Gasteiger partial charge in [0.15, 0.2) is 0 Å². The van der Waals surface area contributed by atoms with E-state index in [-0.39, 0.29) is 0 Å². The summed E-state index contributed by atoms with van der Waals surface area (Å²) in [4.78, 5) is 0.633. The van der Waals surface area contributed by atoms with Gasteiger partial charge in [-0.25, -0.2) is 0 Å². The van der Waals surface area contributed by atoms with E-state index in [4.69, 9.17) is 5.10 Å². The standard InChI is InChI=1S/C15H25BrN2/c1-12(2)11-13(16)7-8-14-9-10-18(17-14)15-5-3-4-6-15/h9-10,12-13,15H,3-8,11H2,1-2H3. The molecule has 1 saturated carbocycles. The van der Waals surface area contributed by atoms with Crippen LogP contribution in [0, 0.1) is 5.92 Å². The van der Waals surface area contributed by atoms with E-state index in [9.17, 15) is 0 Å². The molecule has 2 rings (SSSR count). The van der Waals surface area contributed by atoms with Crippen molar-refractivity contribution in [3.8, 4) is 0 Å². The number of aryl methyl sites for hydroxylation is 1. The summed E-state index contributed by atoms with van der Waals surface area (Å²) in [7, 11) is 0. The average Bonchev–Trinajstić information content (AvgIpc) is 2.96. The molecule has 1 atom stereocenters. The normalized spacial score (nSPS) is 18.7. The third kappa shape index (κ3) is 4.11. The SMILES string of the molecule is CC(C)CC(Br)CCc1ccn(C2CCCC2)n1. The summed E-state index contributed by atoms with van der Waals surface area (Å²) < 4.78 is 2.20. The Morgan fingerprint density at radius 2 is 2.11 bits per heavy atom. The molecule has 1 unspecified atom stereocenters. The van der Waals surface area contributed by atoms with Crippen molar-refractivity contribution in [3.63, 3.8) is 0 Å². The lowest BCUT2D eigenvalue weighted by Crippen LogP contribution is -2.07. The molecule has 0 bridgehead atoms. The Balaban J connectivity index is 1.79. The molecule has 1 aliphatic carbocycles. The van der Waals surface area contributed by atoms with Crippen LogP contribution in [0.25, 0.3) is 0 Å². The number of hydrogen-bond donors (Lipinski definition) is 0. The highest BCUT2D eigenvalue weighted by molar-refractivity contribution is 9.09. The summed E-state index contributed by atoms with van der Waals surface area (Å²) in [6.07, 6.45) is 11.1. The Kier molecular flexibility index (Phi) is 5.28. The first-order valence-corrected chi connectivity index (χ1v) is 8.25. The van der Waals surface area contributed by atoms with Crippen LogP contribution in [0.2, 0.25) is 0 Å². The van der Waals surface area contributed by atoms with Crippen LogP contribution in [-0.2, 0) is 6.42 Å². The second kappa shape index (κ2) is 6.74. The van der Waals surface area contributed by atoms with E-state index in [1.54, 1.807) is 0 Å². The molecule has 1 heterocycles. The van der Waals surface area contributed by atoms with Crippen molar-refractivity contribution in [1.29, 1.82) is 0 Å². The van der Waals surface area contributed by atoms with Gasteiger partial charge in [0.1, 0.15) is 0 Å².